The average molecular weight is 607 g/mol. The van der Waals surface area contributed by atoms with E-state index in [1.807, 2.05) is 45.0 Å². The molecule has 2 atom stereocenters. The van der Waals surface area contributed by atoms with Crippen molar-refractivity contribution in [2.45, 2.75) is 77.1 Å². The highest BCUT2D eigenvalue weighted by Gasteiger charge is 2.38. The van der Waals surface area contributed by atoms with Gasteiger partial charge in [0.05, 0.1) is 19.1 Å². The van der Waals surface area contributed by atoms with Gasteiger partial charge in [0.2, 0.25) is 11.8 Å². The molecule has 3 amide bonds. The highest BCUT2D eigenvalue weighted by atomic mass is 32.2. The number of thioether (sulfide) groups is 2. The van der Waals surface area contributed by atoms with Crippen LogP contribution in [0.2, 0.25) is 0 Å². The number of ether oxygens (including phenoxy) is 2. The molecule has 2 saturated heterocycles. The number of carbonyl (C=O) groups is 3. The van der Waals surface area contributed by atoms with E-state index < -0.39 is 23.8 Å². The molecule has 9 nitrogen and oxygen atoms in total. The molecule has 3 aliphatic rings. The second-order valence-electron chi connectivity index (χ2n) is 12.1. The Morgan fingerprint density at radius 1 is 1.10 bits per heavy atom. The molecule has 0 unspecified atom stereocenters. The number of benzene rings is 1. The molecule has 1 aromatic carbocycles. The standard InChI is InChI=1S/C30H46N4O5S2/c1-30(2,3)39-29(37)34-21-41-20-26(34)28(36)32-25(19-40-18-23-7-5-4-6-8-23)27(35)31-24-11-9-22(10-12-24)17-33-13-15-38-16-14-33/h9-12,23,25-26H,4-8,13-21H2,1-3H3,(H,31,35)(H,32,36)/t25-,26-/m0/s1. The molecule has 228 valence electrons. The van der Waals surface area contributed by atoms with Crippen LogP contribution in [0.4, 0.5) is 10.5 Å². The zero-order valence-corrected chi connectivity index (χ0v) is 26.3. The minimum Gasteiger partial charge on any atom is -0.444 e. The van der Waals surface area contributed by atoms with Crippen molar-refractivity contribution in [1.82, 2.24) is 15.1 Å². The number of hydrogen-bond donors (Lipinski definition) is 2. The Morgan fingerprint density at radius 2 is 1.80 bits per heavy atom. The van der Waals surface area contributed by atoms with Gasteiger partial charge in [-0.2, -0.15) is 11.8 Å². The Morgan fingerprint density at radius 3 is 2.49 bits per heavy atom. The number of nitrogens with one attached hydrogen (secondary N) is 2. The number of rotatable bonds is 10. The Labute approximate surface area is 253 Å². The van der Waals surface area contributed by atoms with Gasteiger partial charge in [-0.25, -0.2) is 4.79 Å². The van der Waals surface area contributed by atoms with Gasteiger partial charge in [-0.05, 0) is 63.0 Å². The molecule has 0 bridgehead atoms. The maximum absolute atomic E-state index is 13.5. The fraction of sp³-hybridized carbons (Fsp3) is 0.700. The SMILES string of the molecule is CC(C)(C)OC(=O)N1CSC[C@H]1C(=O)N[C@@H](CSCC1CCCCC1)C(=O)Nc1ccc(CN2CCOCC2)cc1. The third kappa shape index (κ3) is 10.4. The zero-order valence-electron chi connectivity index (χ0n) is 24.7. The van der Waals surface area contributed by atoms with Crippen LogP contribution in [0.15, 0.2) is 24.3 Å². The average Bonchev–Trinajstić information content (AvgIpc) is 3.44. The van der Waals surface area contributed by atoms with E-state index in [-0.39, 0.29) is 11.8 Å². The van der Waals surface area contributed by atoms with Crippen molar-refractivity contribution >= 4 is 47.1 Å². The van der Waals surface area contributed by atoms with Gasteiger partial charge in [0.25, 0.3) is 0 Å². The van der Waals surface area contributed by atoms with Gasteiger partial charge in [0.15, 0.2) is 0 Å². The van der Waals surface area contributed by atoms with Gasteiger partial charge in [0, 0.05) is 36.8 Å². The van der Waals surface area contributed by atoms with Crippen molar-refractivity contribution in [1.29, 1.82) is 0 Å². The predicted molar refractivity (Wildman–Crippen MR) is 166 cm³/mol. The van der Waals surface area contributed by atoms with E-state index >= 15 is 0 Å². The molecule has 0 aromatic heterocycles. The van der Waals surface area contributed by atoms with Crippen LogP contribution in [0.5, 0.6) is 0 Å². The lowest BCUT2D eigenvalue weighted by Gasteiger charge is -2.28. The van der Waals surface area contributed by atoms with E-state index in [1.54, 1.807) is 11.8 Å². The lowest BCUT2D eigenvalue weighted by molar-refractivity contribution is -0.128. The summed E-state index contributed by atoms with van der Waals surface area (Å²) in [5.41, 5.74) is 1.23. The Bertz CT molecular complexity index is 1010. The first-order valence-corrected chi connectivity index (χ1v) is 17.1. The second-order valence-corrected chi connectivity index (χ2v) is 14.2. The van der Waals surface area contributed by atoms with Crippen LogP contribution >= 0.6 is 23.5 Å². The van der Waals surface area contributed by atoms with Crippen LogP contribution in [-0.2, 0) is 25.6 Å². The molecule has 0 spiro atoms. The molecule has 1 aromatic rings. The highest BCUT2D eigenvalue weighted by molar-refractivity contribution is 7.99. The fourth-order valence-corrected chi connectivity index (χ4v) is 7.67. The lowest BCUT2D eigenvalue weighted by atomic mass is 9.91. The summed E-state index contributed by atoms with van der Waals surface area (Å²) in [4.78, 5) is 43.5. The number of hydrogen-bond acceptors (Lipinski definition) is 8. The maximum Gasteiger partial charge on any atom is 0.411 e. The summed E-state index contributed by atoms with van der Waals surface area (Å²) in [5, 5.41) is 5.99. The van der Waals surface area contributed by atoms with Crippen LogP contribution < -0.4 is 10.6 Å². The van der Waals surface area contributed by atoms with E-state index in [0.29, 0.717) is 29.0 Å². The van der Waals surface area contributed by atoms with Gasteiger partial charge >= 0.3 is 6.09 Å². The Hall–Kier alpha value is -1.95. The normalized spacial score (nSPS) is 21.3. The van der Waals surface area contributed by atoms with Crippen LogP contribution in [0.1, 0.15) is 58.4 Å². The van der Waals surface area contributed by atoms with Crippen molar-refractivity contribution in [3.63, 3.8) is 0 Å². The first-order chi connectivity index (χ1) is 19.7. The fourth-order valence-electron chi connectivity index (χ4n) is 5.26. The molecular weight excluding hydrogens is 560 g/mol. The smallest absolute Gasteiger partial charge is 0.411 e. The number of anilines is 1. The van der Waals surface area contributed by atoms with Crippen molar-refractivity contribution in [3.05, 3.63) is 29.8 Å². The number of nitrogens with zero attached hydrogens (tertiary/aromatic N) is 2. The number of carbonyl (C=O) groups excluding carboxylic acids is 3. The van der Waals surface area contributed by atoms with Crippen LogP contribution in [0, 0.1) is 5.92 Å². The van der Waals surface area contributed by atoms with E-state index in [9.17, 15) is 14.4 Å². The molecule has 1 aliphatic carbocycles. The van der Waals surface area contributed by atoms with E-state index in [1.165, 1.54) is 54.3 Å². The van der Waals surface area contributed by atoms with Gasteiger partial charge in [-0.15, -0.1) is 11.8 Å². The Balaban J connectivity index is 1.37. The first kappa shape index (κ1) is 32.0. The molecule has 2 aliphatic heterocycles. The number of morpholine rings is 1. The van der Waals surface area contributed by atoms with Gasteiger partial charge in [-0.3, -0.25) is 19.4 Å². The minimum atomic E-state index is -0.713. The first-order valence-electron chi connectivity index (χ1n) is 14.8. The molecular formula is C30H46N4O5S2. The Kier molecular flexibility index (Phi) is 12.1. The number of amides is 3. The summed E-state index contributed by atoms with van der Waals surface area (Å²) in [6, 6.07) is 6.51. The summed E-state index contributed by atoms with van der Waals surface area (Å²) in [6.07, 6.45) is 5.81. The van der Waals surface area contributed by atoms with E-state index in [0.717, 1.165) is 38.6 Å². The molecule has 3 fully saturated rings. The summed E-state index contributed by atoms with van der Waals surface area (Å²) in [5.74, 6) is 2.43. The lowest BCUT2D eigenvalue weighted by Crippen LogP contribution is -2.54. The third-order valence-corrected chi connectivity index (χ3v) is 9.83. The van der Waals surface area contributed by atoms with Crippen molar-refractivity contribution in [2.75, 3.05) is 54.8 Å². The van der Waals surface area contributed by atoms with Crippen LogP contribution in [0.25, 0.3) is 0 Å². The molecule has 1 saturated carbocycles. The quantitative estimate of drug-likeness (QED) is 0.400. The van der Waals surface area contributed by atoms with E-state index in [2.05, 4.69) is 15.5 Å². The van der Waals surface area contributed by atoms with Crippen molar-refractivity contribution in [3.8, 4) is 0 Å². The van der Waals surface area contributed by atoms with Crippen molar-refractivity contribution < 1.29 is 23.9 Å². The summed E-state index contributed by atoms with van der Waals surface area (Å²) < 4.78 is 11.0. The predicted octanol–water partition coefficient (Wildman–Crippen LogP) is 4.57. The summed E-state index contributed by atoms with van der Waals surface area (Å²) >= 11 is 3.24. The molecule has 4 rings (SSSR count). The monoisotopic (exact) mass is 606 g/mol. The molecule has 41 heavy (non-hydrogen) atoms. The zero-order chi connectivity index (χ0) is 29.2. The second kappa shape index (κ2) is 15.5. The molecule has 2 N–H and O–H groups in total. The van der Waals surface area contributed by atoms with Crippen molar-refractivity contribution in [2.24, 2.45) is 5.92 Å². The van der Waals surface area contributed by atoms with Gasteiger partial charge in [-0.1, -0.05) is 31.4 Å². The highest BCUT2D eigenvalue weighted by Crippen LogP contribution is 2.28. The van der Waals surface area contributed by atoms with Crippen LogP contribution in [0.3, 0.4) is 0 Å². The maximum atomic E-state index is 13.5. The summed E-state index contributed by atoms with van der Waals surface area (Å²) in [7, 11) is 0. The largest absolute Gasteiger partial charge is 0.444 e. The van der Waals surface area contributed by atoms with E-state index in [4.69, 9.17) is 9.47 Å². The molecule has 0 radical (unpaired) electrons. The molecule has 2 heterocycles. The topological polar surface area (TPSA) is 100 Å². The molecule has 11 heteroatoms. The summed E-state index contributed by atoms with van der Waals surface area (Å²) in [6.45, 7) is 9.63. The van der Waals surface area contributed by atoms with Gasteiger partial charge in [0.1, 0.15) is 17.7 Å². The van der Waals surface area contributed by atoms with Gasteiger partial charge < -0.3 is 20.1 Å². The third-order valence-electron chi connectivity index (χ3n) is 7.54. The van der Waals surface area contributed by atoms with Crippen LogP contribution in [-0.4, -0.2) is 94.8 Å². The minimum absolute atomic E-state index is 0.245.